The molecule has 15 rings (SSSR count). The molecular weight excluding hydrogens is 952 g/mol. The number of para-hydroxylation sites is 2. The molecule has 0 atom stereocenters. The van der Waals surface area contributed by atoms with Crippen LogP contribution in [0.4, 0.5) is 0 Å². The van der Waals surface area contributed by atoms with Crippen LogP contribution in [0.1, 0.15) is 44.5 Å². The van der Waals surface area contributed by atoms with Gasteiger partial charge < -0.3 is 18.7 Å². The van der Waals surface area contributed by atoms with Gasteiger partial charge >= 0.3 is 7.82 Å². The molecule has 0 radical (unpaired) electrons. The molecule has 0 aliphatic heterocycles. The van der Waals surface area contributed by atoms with Crippen LogP contribution in [0.5, 0.6) is 23.0 Å². The second-order valence-electron chi connectivity index (χ2n) is 20.2. The summed E-state index contributed by atoms with van der Waals surface area (Å²) in [5, 5.41) is 11.0. The van der Waals surface area contributed by atoms with Crippen molar-refractivity contribution in [2.24, 2.45) is 0 Å². The number of hydrogen-bond donors (Lipinski definition) is 1. The largest absolute Gasteiger partial charge is 0.647 e. The molecule has 4 aliphatic carbocycles. The Morgan fingerprint density at radius 2 is 0.526 bits per heavy atom. The molecular formula is C70H47O5P. The smallest absolute Gasteiger partial charge is 0.508 e. The molecule has 11 aromatic rings. The van der Waals surface area contributed by atoms with Gasteiger partial charge in [-0.05, 0) is 149 Å². The van der Waals surface area contributed by atoms with Gasteiger partial charge in [0.1, 0.15) is 23.0 Å². The van der Waals surface area contributed by atoms with Crippen LogP contribution in [0.3, 0.4) is 0 Å². The van der Waals surface area contributed by atoms with E-state index in [2.05, 4.69) is 206 Å². The summed E-state index contributed by atoms with van der Waals surface area (Å²) in [6.07, 6.45) is 2.90. The molecule has 0 heterocycles. The third-order valence-electron chi connectivity index (χ3n) is 16.0. The second-order valence-corrected chi connectivity index (χ2v) is 21.7. The first-order chi connectivity index (χ1) is 37.4. The molecule has 5 nitrogen and oxygen atoms in total. The monoisotopic (exact) mass is 998 g/mol. The molecule has 0 unspecified atom stereocenters. The lowest BCUT2D eigenvalue weighted by atomic mass is 9.90. The molecule has 0 spiro atoms. The summed E-state index contributed by atoms with van der Waals surface area (Å²) >= 11 is 0. The van der Waals surface area contributed by atoms with Gasteiger partial charge in [0.15, 0.2) is 0 Å². The lowest BCUT2D eigenvalue weighted by Gasteiger charge is -2.26. The summed E-state index contributed by atoms with van der Waals surface area (Å²) in [5.74, 6) is 0.807. The molecule has 0 saturated heterocycles. The normalized spacial score (nSPS) is 12.9. The number of phosphoric acid groups is 1. The zero-order chi connectivity index (χ0) is 50.5. The topological polar surface area (TPSA) is 65.0 Å². The third-order valence-corrected chi connectivity index (χ3v) is 17.3. The highest BCUT2D eigenvalue weighted by atomic mass is 31.2. The van der Waals surface area contributed by atoms with Crippen LogP contribution in [0, 0.1) is 0 Å². The minimum atomic E-state index is -4.92. The molecule has 0 fully saturated rings. The maximum Gasteiger partial charge on any atom is 0.647 e. The Bertz CT molecular complexity index is 3800. The van der Waals surface area contributed by atoms with E-state index in [1.807, 2.05) is 0 Å². The van der Waals surface area contributed by atoms with Gasteiger partial charge in [-0.3, -0.25) is 0 Å². The quantitative estimate of drug-likeness (QED) is 0.138. The number of fused-ring (bicyclic) bond motifs is 12. The zero-order valence-corrected chi connectivity index (χ0v) is 42.2. The Labute approximate surface area is 441 Å². The average Bonchev–Trinajstić information content (AvgIpc) is 4.29. The minimum Gasteiger partial charge on any atom is -0.508 e. The summed E-state index contributed by atoms with van der Waals surface area (Å²) < 4.78 is 38.6. The van der Waals surface area contributed by atoms with Crippen molar-refractivity contribution in [1.29, 1.82) is 0 Å². The highest BCUT2D eigenvalue weighted by Gasteiger charge is 2.40. The fourth-order valence-electron chi connectivity index (χ4n) is 12.7. The Kier molecular flexibility index (Phi) is 10.2. The van der Waals surface area contributed by atoms with Crippen molar-refractivity contribution in [2.45, 2.75) is 25.7 Å². The van der Waals surface area contributed by atoms with Gasteiger partial charge in [0, 0.05) is 28.3 Å². The summed E-state index contributed by atoms with van der Waals surface area (Å²) in [6.45, 7) is 0. The molecule has 76 heavy (non-hydrogen) atoms. The molecule has 1 N–H and O–H groups in total. The van der Waals surface area contributed by atoms with E-state index < -0.39 is 7.82 Å². The Morgan fingerprint density at radius 3 is 0.829 bits per heavy atom. The van der Waals surface area contributed by atoms with Gasteiger partial charge in [-0.15, -0.1) is 0 Å². The Balaban J connectivity index is 0.967. The first-order valence-corrected chi connectivity index (χ1v) is 27.5. The number of phenolic OH excluding ortho intramolecular Hbond substituents is 1. The summed E-state index contributed by atoms with van der Waals surface area (Å²) in [6, 6.07) is 78.7. The van der Waals surface area contributed by atoms with Crippen LogP contribution in [-0.4, -0.2) is 5.11 Å². The number of aromatic hydroxyl groups is 1. The van der Waals surface area contributed by atoms with Crippen molar-refractivity contribution < 1.29 is 23.2 Å². The van der Waals surface area contributed by atoms with Crippen LogP contribution in [0.25, 0.3) is 89.0 Å². The van der Waals surface area contributed by atoms with Gasteiger partial charge in [0.25, 0.3) is 0 Å². The number of phosphoric ester groups is 1. The zero-order valence-electron chi connectivity index (χ0n) is 41.3. The Hall–Kier alpha value is -9.15. The SMILES string of the molecule is O=P(Oc1cccc(O)c1)(Oc1c(-c2cccc3c2Cc2ccccc2-3)cccc1-c1cccc2c1Cc1ccccc1-2)Oc1c(-c2cccc3c2Cc2ccccc2-3)cccc1-c1cccc2c1Cc1ccccc1-2. The van der Waals surface area contributed by atoms with E-state index in [0.717, 1.165) is 115 Å². The first kappa shape index (κ1) is 44.3. The van der Waals surface area contributed by atoms with Crippen LogP contribution in [0.15, 0.2) is 231 Å². The molecule has 11 aromatic carbocycles. The molecule has 0 saturated carbocycles. The number of phenols is 1. The van der Waals surface area contributed by atoms with Crippen molar-refractivity contribution in [3.8, 4) is 112 Å². The van der Waals surface area contributed by atoms with E-state index in [9.17, 15) is 5.11 Å². The fourth-order valence-corrected chi connectivity index (χ4v) is 14.0. The van der Waals surface area contributed by atoms with E-state index in [1.54, 1.807) is 18.2 Å². The van der Waals surface area contributed by atoms with E-state index in [-0.39, 0.29) is 11.5 Å². The van der Waals surface area contributed by atoms with Crippen LogP contribution in [0.2, 0.25) is 0 Å². The maximum atomic E-state index is 17.1. The lowest BCUT2D eigenvalue weighted by Crippen LogP contribution is -2.11. The second kappa shape index (κ2) is 17.5. The van der Waals surface area contributed by atoms with Gasteiger partial charge in [-0.25, -0.2) is 0 Å². The van der Waals surface area contributed by atoms with E-state index >= 15 is 4.57 Å². The van der Waals surface area contributed by atoms with Crippen LogP contribution >= 0.6 is 7.82 Å². The summed E-state index contributed by atoms with van der Waals surface area (Å²) in [7, 11) is -4.92. The van der Waals surface area contributed by atoms with Gasteiger partial charge in [-0.1, -0.05) is 212 Å². The van der Waals surface area contributed by atoms with Gasteiger partial charge in [-0.2, -0.15) is 4.57 Å². The highest BCUT2D eigenvalue weighted by molar-refractivity contribution is 7.49. The number of hydrogen-bond acceptors (Lipinski definition) is 5. The Morgan fingerprint density at radius 1 is 0.276 bits per heavy atom. The standard InChI is InChI=1S/C70H47O5P/c71-47-20-9-21-48(42-47)73-76(72,74-69-61(57-30-10-26-53-49-22-5-1-16-43(49)38-65(53)57)34-14-35-62(69)58-31-11-27-54-50-23-6-2-17-44(50)39-66(54)58)75-70-63(59-32-12-28-55-51-24-7-3-18-45(51)40-67(55)59)36-15-37-64(70)60-33-13-29-56-52-25-8-4-19-46(52)41-68(56)60/h1-37,42,71H,38-41H2. The van der Waals surface area contributed by atoms with Crippen molar-refractivity contribution in [2.75, 3.05) is 0 Å². The van der Waals surface area contributed by atoms with Crippen molar-refractivity contribution in [1.82, 2.24) is 0 Å². The maximum absolute atomic E-state index is 17.1. The molecule has 362 valence electrons. The molecule has 6 heteroatoms. The van der Waals surface area contributed by atoms with Crippen LogP contribution < -0.4 is 13.6 Å². The molecule has 0 bridgehead atoms. The number of rotatable bonds is 10. The van der Waals surface area contributed by atoms with E-state index in [0.29, 0.717) is 11.5 Å². The van der Waals surface area contributed by atoms with Gasteiger partial charge in [0.2, 0.25) is 0 Å². The predicted molar refractivity (Wildman–Crippen MR) is 305 cm³/mol. The van der Waals surface area contributed by atoms with Crippen molar-refractivity contribution >= 4 is 7.82 Å². The summed E-state index contributed by atoms with van der Waals surface area (Å²) in [5.41, 5.74) is 25.9. The third kappa shape index (κ3) is 7.18. The van der Waals surface area contributed by atoms with E-state index in [1.165, 1.54) is 50.6 Å². The minimum absolute atomic E-state index is 0.0520. The van der Waals surface area contributed by atoms with Crippen molar-refractivity contribution in [3.63, 3.8) is 0 Å². The van der Waals surface area contributed by atoms with Gasteiger partial charge in [0.05, 0.1) is 0 Å². The van der Waals surface area contributed by atoms with E-state index in [4.69, 9.17) is 13.6 Å². The first-order valence-electron chi connectivity index (χ1n) is 26.0. The van der Waals surface area contributed by atoms with Crippen molar-refractivity contribution in [3.05, 3.63) is 275 Å². The lowest BCUT2D eigenvalue weighted by molar-refractivity contribution is 0.299. The fraction of sp³-hybridized carbons (Fsp3) is 0.0571. The predicted octanol–water partition coefficient (Wildman–Crippen LogP) is 18.0. The molecule has 0 aromatic heterocycles. The highest BCUT2D eigenvalue weighted by Crippen LogP contribution is 2.60. The molecule has 4 aliphatic rings. The number of benzene rings is 11. The average molecular weight is 999 g/mol. The van der Waals surface area contributed by atoms with Crippen LogP contribution in [-0.2, 0) is 30.2 Å². The summed E-state index contributed by atoms with van der Waals surface area (Å²) in [4.78, 5) is 0. The molecule has 0 amide bonds.